The maximum absolute atomic E-state index is 10.7. The number of aliphatic carboxylic acids is 1. The Morgan fingerprint density at radius 2 is 2.05 bits per heavy atom. The van der Waals surface area contributed by atoms with Gasteiger partial charge in [0.2, 0.25) is 0 Å². The standard InChI is InChI=1S/C16H22N2O4/c1-16(2,3)22-14(7-8-15(19)20)17-10-12-5-4-6-13(9-12)11-18-21/h4-6,9,11,21H,7-8,10H2,1-3H3,(H,19,20). The second kappa shape index (κ2) is 8.17. The predicted octanol–water partition coefficient (Wildman–Crippen LogP) is 3.07. The smallest absolute Gasteiger partial charge is 0.303 e. The molecule has 0 unspecified atom stereocenters. The van der Waals surface area contributed by atoms with Crippen LogP contribution in [-0.4, -0.2) is 34.0 Å². The number of hydrogen-bond acceptors (Lipinski definition) is 5. The minimum absolute atomic E-state index is 0.0217. The lowest BCUT2D eigenvalue weighted by molar-refractivity contribution is -0.136. The van der Waals surface area contributed by atoms with Crippen molar-refractivity contribution in [1.82, 2.24) is 0 Å². The molecule has 6 heteroatoms. The van der Waals surface area contributed by atoms with E-state index in [1.807, 2.05) is 45.0 Å². The lowest BCUT2D eigenvalue weighted by Crippen LogP contribution is -2.24. The number of carboxylic acid groups (broad SMARTS) is 1. The van der Waals surface area contributed by atoms with Crippen LogP contribution in [-0.2, 0) is 16.1 Å². The molecular weight excluding hydrogens is 284 g/mol. The normalized spacial score (nSPS) is 12.6. The van der Waals surface area contributed by atoms with Gasteiger partial charge in [-0.2, -0.15) is 0 Å². The summed E-state index contributed by atoms with van der Waals surface area (Å²) in [6.07, 6.45) is 1.57. The molecule has 0 atom stereocenters. The first-order valence-electron chi connectivity index (χ1n) is 7.00. The van der Waals surface area contributed by atoms with Crippen molar-refractivity contribution in [2.24, 2.45) is 10.1 Å². The highest BCUT2D eigenvalue weighted by Gasteiger charge is 2.15. The first-order valence-corrected chi connectivity index (χ1v) is 7.00. The summed E-state index contributed by atoms with van der Waals surface area (Å²) >= 11 is 0. The molecule has 0 fully saturated rings. The van der Waals surface area contributed by atoms with Crippen molar-refractivity contribution < 1.29 is 19.8 Å². The molecular formula is C16H22N2O4. The first kappa shape index (κ1) is 17.7. The number of rotatable bonds is 6. The van der Waals surface area contributed by atoms with E-state index in [1.165, 1.54) is 6.21 Å². The SMILES string of the molecule is CC(C)(C)OC(CCC(=O)O)=NCc1cccc(C=NO)c1. The number of oxime groups is 1. The van der Waals surface area contributed by atoms with Crippen LogP contribution < -0.4 is 0 Å². The molecule has 0 spiro atoms. The average molecular weight is 306 g/mol. The van der Waals surface area contributed by atoms with Gasteiger partial charge in [-0.15, -0.1) is 0 Å². The average Bonchev–Trinajstić information content (AvgIpc) is 2.41. The molecule has 1 aromatic carbocycles. The molecule has 1 aromatic rings. The van der Waals surface area contributed by atoms with Gasteiger partial charge in [0, 0.05) is 6.42 Å². The van der Waals surface area contributed by atoms with Gasteiger partial charge in [-0.1, -0.05) is 23.4 Å². The van der Waals surface area contributed by atoms with E-state index in [9.17, 15) is 4.79 Å². The van der Waals surface area contributed by atoms with Gasteiger partial charge < -0.3 is 15.1 Å². The summed E-state index contributed by atoms with van der Waals surface area (Å²) in [4.78, 5) is 15.1. The summed E-state index contributed by atoms with van der Waals surface area (Å²) in [6.45, 7) is 6.04. The zero-order valence-corrected chi connectivity index (χ0v) is 13.1. The van der Waals surface area contributed by atoms with Gasteiger partial charge in [0.15, 0.2) is 5.90 Å². The first-order chi connectivity index (χ1) is 10.3. The maximum atomic E-state index is 10.7. The zero-order chi connectivity index (χ0) is 16.6. The number of carbonyl (C=O) groups is 1. The molecule has 2 N–H and O–H groups in total. The van der Waals surface area contributed by atoms with E-state index in [-0.39, 0.29) is 12.8 Å². The summed E-state index contributed by atoms with van der Waals surface area (Å²) in [5.74, 6) is -0.456. The summed E-state index contributed by atoms with van der Waals surface area (Å²) in [5, 5.41) is 20.3. The highest BCUT2D eigenvalue weighted by Crippen LogP contribution is 2.12. The molecule has 0 radical (unpaired) electrons. The zero-order valence-electron chi connectivity index (χ0n) is 13.1. The van der Waals surface area contributed by atoms with Crippen LogP contribution in [0.3, 0.4) is 0 Å². The van der Waals surface area contributed by atoms with E-state index in [0.29, 0.717) is 12.4 Å². The lowest BCUT2D eigenvalue weighted by atomic mass is 10.1. The minimum atomic E-state index is -0.883. The van der Waals surface area contributed by atoms with E-state index < -0.39 is 11.6 Å². The lowest BCUT2D eigenvalue weighted by Gasteiger charge is -2.22. The number of nitrogens with zero attached hydrogens (tertiary/aromatic N) is 2. The van der Waals surface area contributed by atoms with Crippen LogP contribution in [0.4, 0.5) is 0 Å². The molecule has 0 aromatic heterocycles. The van der Waals surface area contributed by atoms with Gasteiger partial charge in [0.25, 0.3) is 0 Å². The predicted molar refractivity (Wildman–Crippen MR) is 84.7 cm³/mol. The number of hydrogen-bond donors (Lipinski definition) is 2. The fourth-order valence-corrected chi connectivity index (χ4v) is 1.75. The molecule has 0 aliphatic rings. The van der Waals surface area contributed by atoms with Crippen LogP contribution in [0.2, 0.25) is 0 Å². The van der Waals surface area contributed by atoms with Crippen LogP contribution in [0.1, 0.15) is 44.7 Å². The van der Waals surface area contributed by atoms with Crippen LogP contribution in [0.5, 0.6) is 0 Å². The van der Waals surface area contributed by atoms with E-state index >= 15 is 0 Å². The van der Waals surface area contributed by atoms with Crippen LogP contribution in [0.15, 0.2) is 34.4 Å². The fourth-order valence-electron chi connectivity index (χ4n) is 1.75. The third-order valence-corrected chi connectivity index (χ3v) is 2.57. The Morgan fingerprint density at radius 3 is 2.64 bits per heavy atom. The quantitative estimate of drug-likeness (QED) is 0.366. The molecule has 0 saturated heterocycles. The van der Waals surface area contributed by atoms with E-state index in [1.54, 1.807) is 0 Å². The van der Waals surface area contributed by atoms with E-state index in [2.05, 4.69) is 10.1 Å². The molecule has 0 aliphatic carbocycles. The van der Waals surface area contributed by atoms with Crippen molar-refractivity contribution in [3.8, 4) is 0 Å². The van der Waals surface area contributed by atoms with E-state index in [0.717, 1.165) is 11.1 Å². The largest absolute Gasteiger partial charge is 0.481 e. The van der Waals surface area contributed by atoms with Crippen LogP contribution >= 0.6 is 0 Å². The third kappa shape index (κ3) is 7.42. The van der Waals surface area contributed by atoms with Gasteiger partial charge in [0.05, 0.1) is 19.2 Å². The van der Waals surface area contributed by atoms with Crippen molar-refractivity contribution >= 4 is 18.1 Å². The Labute approximate surface area is 130 Å². The molecule has 120 valence electrons. The van der Waals surface area contributed by atoms with Crippen molar-refractivity contribution in [3.05, 3.63) is 35.4 Å². The molecule has 0 saturated carbocycles. The minimum Gasteiger partial charge on any atom is -0.481 e. The number of aliphatic imine (C=N–C) groups is 1. The maximum Gasteiger partial charge on any atom is 0.303 e. The van der Waals surface area contributed by atoms with Crippen molar-refractivity contribution in [1.29, 1.82) is 0 Å². The number of ether oxygens (including phenoxy) is 1. The number of benzene rings is 1. The summed E-state index contributed by atoms with van der Waals surface area (Å²) in [7, 11) is 0. The van der Waals surface area contributed by atoms with Crippen LogP contribution in [0, 0.1) is 0 Å². The van der Waals surface area contributed by atoms with Crippen molar-refractivity contribution in [2.45, 2.75) is 45.8 Å². The van der Waals surface area contributed by atoms with Crippen LogP contribution in [0.25, 0.3) is 0 Å². The van der Waals surface area contributed by atoms with Gasteiger partial charge in [-0.25, -0.2) is 0 Å². The molecule has 6 nitrogen and oxygen atoms in total. The fraction of sp³-hybridized carbons (Fsp3) is 0.438. The highest BCUT2D eigenvalue weighted by molar-refractivity contribution is 5.81. The molecule has 0 heterocycles. The van der Waals surface area contributed by atoms with Gasteiger partial charge in [-0.3, -0.25) is 9.79 Å². The Hall–Kier alpha value is -2.37. The van der Waals surface area contributed by atoms with Gasteiger partial charge >= 0.3 is 5.97 Å². The Kier molecular flexibility index (Phi) is 6.56. The highest BCUT2D eigenvalue weighted by atomic mass is 16.5. The number of carboxylic acids is 1. The topological polar surface area (TPSA) is 91.5 Å². The van der Waals surface area contributed by atoms with E-state index in [4.69, 9.17) is 15.1 Å². The molecule has 1 rings (SSSR count). The van der Waals surface area contributed by atoms with Crippen molar-refractivity contribution in [2.75, 3.05) is 0 Å². The molecule has 0 amide bonds. The Morgan fingerprint density at radius 1 is 1.32 bits per heavy atom. The molecule has 0 bridgehead atoms. The monoisotopic (exact) mass is 306 g/mol. The Bertz CT molecular complexity index is 560. The molecule has 0 aliphatic heterocycles. The second-order valence-corrected chi connectivity index (χ2v) is 5.81. The van der Waals surface area contributed by atoms with Gasteiger partial charge in [-0.05, 0) is 38.0 Å². The van der Waals surface area contributed by atoms with Crippen molar-refractivity contribution in [3.63, 3.8) is 0 Å². The Balaban J connectivity index is 2.82. The third-order valence-electron chi connectivity index (χ3n) is 2.57. The second-order valence-electron chi connectivity index (χ2n) is 5.81. The summed E-state index contributed by atoms with van der Waals surface area (Å²) < 4.78 is 5.71. The summed E-state index contributed by atoms with van der Waals surface area (Å²) in [6, 6.07) is 7.38. The van der Waals surface area contributed by atoms with Gasteiger partial charge in [0.1, 0.15) is 5.60 Å². The summed E-state index contributed by atoms with van der Waals surface area (Å²) in [5.41, 5.74) is 1.25. The molecule has 22 heavy (non-hydrogen) atoms.